The summed E-state index contributed by atoms with van der Waals surface area (Å²) in [7, 11) is 0. The molecule has 1 atom stereocenters. The van der Waals surface area contributed by atoms with Crippen LogP contribution >= 0.6 is 0 Å². The van der Waals surface area contributed by atoms with E-state index in [2.05, 4.69) is 15.7 Å². The van der Waals surface area contributed by atoms with Gasteiger partial charge in [0.1, 0.15) is 5.69 Å². The Bertz CT molecular complexity index is 451. The van der Waals surface area contributed by atoms with E-state index in [-0.39, 0.29) is 10.6 Å². The van der Waals surface area contributed by atoms with Crippen LogP contribution in [0.5, 0.6) is 0 Å². The van der Waals surface area contributed by atoms with Gasteiger partial charge in [-0.1, -0.05) is 6.42 Å². The smallest absolute Gasteiger partial charge is 0.333 e. The lowest BCUT2D eigenvalue weighted by Gasteiger charge is -2.23. The Morgan fingerprint density at radius 1 is 1.58 bits per heavy atom. The second kappa shape index (κ2) is 6.01. The molecule has 1 unspecified atom stereocenters. The van der Waals surface area contributed by atoms with Crippen LogP contribution in [0.15, 0.2) is 0 Å². The van der Waals surface area contributed by atoms with Crippen molar-refractivity contribution in [2.45, 2.75) is 45.7 Å². The maximum absolute atomic E-state index is 11.1. The van der Waals surface area contributed by atoms with E-state index in [9.17, 15) is 10.1 Å². The highest BCUT2D eigenvalue weighted by atomic mass is 16.6. The maximum Gasteiger partial charge on any atom is 0.333 e. The quantitative estimate of drug-likeness (QED) is 0.626. The van der Waals surface area contributed by atoms with Crippen LogP contribution in [0, 0.1) is 17.0 Å². The summed E-state index contributed by atoms with van der Waals surface area (Å²) in [5.41, 5.74) is 0.559. The number of rotatable bonds is 5. The molecule has 7 nitrogen and oxygen atoms in total. The molecular weight excluding hydrogens is 246 g/mol. The van der Waals surface area contributed by atoms with E-state index in [1.807, 2.05) is 6.92 Å². The van der Waals surface area contributed by atoms with Crippen molar-refractivity contribution in [3.63, 3.8) is 0 Å². The second-order valence-electron chi connectivity index (χ2n) is 4.88. The molecule has 2 rings (SSSR count). The molecule has 0 aromatic carbocycles. The van der Waals surface area contributed by atoms with Crippen LogP contribution in [0.2, 0.25) is 0 Å². The highest BCUT2D eigenvalue weighted by molar-refractivity contribution is 5.59. The molecule has 0 bridgehead atoms. The van der Waals surface area contributed by atoms with Gasteiger partial charge in [-0.3, -0.25) is 10.1 Å². The molecule has 1 aliphatic heterocycles. The van der Waals surface area contributed by atoms with Crippen molar-refractivity contribution in [3.8, 4) is 0 Å². The summed E-state index contributed by atoms with van der Waals surface area (Å²) < 4.78 is 1.66. The van der Waals surface area contributed by atoms with Crippen LogP contribution in [0.4, 0.5) is 11.5 Å². The van der Waals surface area contributed by atoms with E-state index in [4.69, 9.17) is 0 Å². The average molecular weight is 267 g/mol. The van der Waals surface area contributed by atoms with Gasteiger partial charge < -0.3 is 10.6 Å². The molecule has 0 aliphatic carbocycles. The van der Waals surface area contributed by atoms with Crippen molar-refractivity contribution in [2.24, 2.45) is 0 Å². The van der Waals surface area contributed by atoms with Gasteiger partial charge in [0.15, 0.2) is 0 Å². The molecule has 7 heteroatoms. The van der Waals surface area contributed by atoms with Crippen molar-refractivity contribution in [1.82, 2.24) is 15.1 Å². The lowest BCUT2D eigenvalue weighted by Crippen LogP contribution is -2.39. The summed E-state index contributed by atoms with van der Waals surface area (Å²) in [5.74, 6) is 0.525. The zero-order valence-corrected chi connectivity index (χ0v) is 11.5. The van der Waals surface area contributed by atoms with Gasteiger partial charge in [-0.05, 0) is 33.2 Å². The van der Waals surface area contributed by atoms with Gasteiger partial charge in [0, 0.05) is 19.1 Å². The van der Waals surface area contributed by atoms with Crippen molar-refractivity contribution in [3.05, 3.63) is 15.8 Å². The van der Waals surface area contributed by atoms with Crippen LogP contribution in [0.25, 0.3) is 0 Å². The standard InChI is InChI=1S/C12H21N5O2/c1-3-16-12(11(17(18)19)9(2)15-16)14-8-10-6-4-5-7-13-10/h10,13-14H,3-8H2,1-2H3. The molecular formula is C12H21N5O2. The Balaban J connectivity index is 2.11. The number of aryl methyl sites for hydroxylation is 2. The monoisotopic (exact) mass is 267 g/mol. The first-order chi connectivity index (χ1) is 9.13. The zero-order chi connectivity index (χ0) is 13.8. The Kier molecular flexibility index (Phi) is 4.36. The van der Waals surface area contributed by atoms with Crippen molar-refractivity contribution in [2.75, 3.05) is 18.4 Å². The van der Waals surface area contributed by atoms with Gasteiger partial charge in [-0.15, -0.1) is 0 Å². The first-order valence-electron chi connectivity index (χ1n) is 6.82. The predicted molar refractivity (Wildman–Crippen MR) is 73.4 cm³/mol. The minimum absolute atomic E-state index is 0.0951. The fourth-order valence-electron chi connectivity index (χ4n) is 2.51. The first-order valence-corrected chi connectivity index (χ1v) is 6.82. The molecule has 2 heterocycles. The average Bonchev–Trinajstić information content (AvgIpc) is 2.73. The van der Waals surface area contributed by atoms with Crippen molar-refractivity contribution < 1.29 is 4.92 Å². The fourth-order valence-corrected chi connectivity index (χ4v) is 2.51. The van der Waals surface area contributed by atoms with Crippen LogP contribution in [-0.2, 0) is 6.54 Å². The number of nitrogens with one attached hydrogen (secondary N) is 2. The number of nitro groups is 1. The molecule has 1 aromatic heterocycles. The van der Waals surface area contributed by atoms with E-state index in [0.29, 0.717) is 30.6 Å². The summed E-state index contributed by atoms with van der Waals surface area (Å²) in [6.07, 6.45) is 3.54. The van der Waals surface area contributed by atoms with Crippen LogP contribution in [-0.4, -0.2) is 33.8 Å². The Morgan fingerprint density at radius 3 is 2.95 bits per heavy atom. The Labute approximate surface area is 112 Å². The third kappa shape index (κ3) is 3.04. The van der Waals surface area contributed by atoms with E-state index >= 15 is 0 Å². The summed E-state index contributed by atoms with van der Waals surface area (Å²) >= 11 is 0. The molecule has 1 aliphatic rings. The van der Waals surface area contributed by atoms with Gasteiger partial charge in [0.05, 0.1) is 4.92 Å². The summed E-state index contributed by atoms with van der Waals surface area (Å²) in [6.45, 7) is 5.95. The Hall–Kier alpha value is -1.63. The number of anilines is 1. The largest absolute Gasteiger partial charge is 0.363 e. The lowest BCUT2D eigenvalue weighted by atomic mass is 10.1. The first kappa shape index (κ1) is 13.8. The van der Waals surface area contributed by atoms with Crippen molar-refractivity contribution >= 4 is 11.5 Å². The molecule has 0 amide bonds. The third-order valence-corrected chi connectivity index (χ3v) is 3.51. The van der Waals surface area contributed by atoms with Gasteiger partial charge in [0.25, 0.3) is 0 Å². The topological polar surface area (TPSA) is 85.0 Å². The highest BCUT2D eigenvalue weighted by Gasteiger charge is 2.25. The number of nitrogens with zero attached hydrogens (tertiary/aromatic N) is 3. The zero-order valence-electron chi connectivity index (χ0n) is 11.5. The second-order valence-corrected chi connectivity index (χ2v) is 4.88. The van der Waals surface area contributed by atoms with Gasteiger partial charge in [0.2, 0.25) is 5.82 Å². The minimum Gasteiger partial charge on any atom is -0.363 e. The molecule has 2 N–H and O–H groups in total. The van der Waals surface area contributed by atoms with E-state index < -0.39 is 0 Å². The molecule has 1 fully saturated rings. The number of hydrogen-bond donors (Lipinski definition) is 2. The molecule has 106 valence electrons. The molecule has 19 heavy (non-hydrogen) atoms. The summed E-state index contributed by atoms with van der Waals surface area (Å²) in [5, 5.41) is 21.9. The molecule has 0 spiro atoms. The Morgan fingerprint density at radius 2 is 2.37 bits per heavy atom. The lowest BCUT2D eigenvalue weighted by molar-refractivity contribution is -0.384. The summed E-state index contributed by atoms with van der Waals surface area (Å²) in [4.78, 5) is 10.8. The van der Waals surface area contributed by atoms with Crippen LogP contribution in [0.1, 0.15) is 31.9 Å². The van der Waals surface area contributed by atoms with Gasteiger partial charge >= 0.3 is 5.69 Å². The third-order valence-electron chi connectivity index (χ3n) is 3.51. The highest BCUT2D eigenvalue weighted by Crippen LogP contribution is 2.28. The molecule has 1 saturated heterocycles. The minimum atomic E-state index is -0.356. The normalized spacial score (nSPS) is 19.4. The summed E-state index contributed by atoms with van der Waals surface area (Å²) in [6, 6.07) is 0.383. The van der Waals surface area contributed by atoms with E-state index in [0.717, 1.165) is 13.0 Å². The number of piperidine rings is 1. The van der Waals surface area contributed by atoms with E-state index in [1.54, 1.807) is 11.6 Å². The van der Waals surface area contributed by atoms with E-state index in [1.165, 1.54) is 12.8 Å². The van der Waals surface area contributed by atoms with Crippen LogP contribution < -0.4 is 10.6 Å². The van der Waals surface area contributed by atoms with Crippen molar-refractivity contribution in [1.29, 1.82) is 0 Å². The fraction of sp³-hybridized carbons (Fsp3) is 0.750. The SMILES string of the molecule is CCn1nc(C)c([N+](=O)[O-])c1NCC1CCCCN1. The van der Waals surface area contributed by atoms with Crippen LogP contribution in [0.3, 0.4) is 0 Å². The predicted octanol–water partition coefficient (Wildman–Crippen LogP) is 1.67. The number of hydrogen-bond acceptors (Lipinski definition) is 5. The maximum atomic E-state index is 11.1. The number of aromatic nitrogens is 2. The molecule has 0 saturated carbocycles. The van der Waals surface area contributed by atoms with Gasteiger partial charge in [-0.2, -0.15) is 5.10 Å². The molecule has 1 aromatic rings. The van der Waals surface area contributed by atoms with Gasteiger partial charge in [-0.25, -0.2) is 4.68 Å². The molecule has 0 radical (unpaired) electrons.